The summed E-state index contributed by atoms with van der Waals surface area (Å²) in [5.74, 6) is -2.88. The topological polar surface area (TPSA) is 74.4 Å². The molecular formula is C32H46F2N4O4. The van der Waals surface area contributed by atoms with Gasteiger partial charge >= 0.3 is 6.03 Å². The van der Waals surface area contributed by atoms with Crippen molar-refractivity contribution < 1.29 is 27.8 Å². The molecular weight excluding hydrogens is 542 g/mol. The molecule has 1 saturated carbocycles. The van der Waals surface area contributed by atoms with E-state index in [-0.39, 0.29) is 61.0 Å². The predicted molar refractivity (Wildman–Crippen MR) is 154 cm³/mol. The number of hydrogen-bond donors (Lipinski definition) is 1. The molecule has 1 aromatic rings. The molecule has 1 spiro atoms. The highest BCUT2D eigenvalue weighted by molar-refractivity contribution is 5.79. The van der Waals surface area contributed by atoms with E-state index >= 15 is 0 Å². The van der Waals surface area contributed by atoms with Gasteiger partial charge in [-0.25, -0.2) is 13.6 Å². The number of fused-ring (bicyclic) bond motifs is 2. The third kappa shape index (κ3) is 6.17. The largest absolute Gasteiger partial charge is 0.355 e. The van der Waals surface area contributed by atoms with Gasteiger partial charge in [0.15, 0.2) is 0 Å². The zero-order valence-electron chi connectivity index (χ0n) is 24.8. The Labute approximate surface area is 248 Å². The maximum Gasteiger partial charge on any atom is 0.320 e. The molecule has 8 nitrogen and oxygen atoms in total. The van der Waals surface area contributed by atoms with Gasteiger partial charge in [0.2, 0.25) is 11.8 Å². The molecule has 5 fully saturated rings. The summed E-state index contributed by atoms with van der Waals surface area (Å²) in [5, 5.41) is 3.24. The lowest BCUT2D eigenvalue weighted by Crippen LogP contribution is -2.58. The molecule has 4 saturated heterocycles. The lowest BCUT2D eigenvalue weighted by atomic mass is 9.81. The number of rotatable bonds is 9. The minimum atomic E-state index is -2.65. The fourth-order valence-corrected chi connectivity index (χ4v) is 8.45. The second-order valence-corrected chi connectivity index (χ2v) is 13.3. The molecule has 3 atom stereocenters. The number of urea groups is 1. The number of nitrogens with one attached hydrogen (secondary N) is 1. The third-order valence-corrected chi connectivity index (χ3v) is 10.5. The molecule has 10 heteroatoms. The number of benzene rings is 1. The molecule has 0 radical (unpaired) electrons. The van der Waals surface area contributed by atoms with Gasteiger partial charge in [-0.15, -0.1) is 0 Å². The molecule has 42 heavy (non-hydrogen) atoms. The van der Waals surface area contributed by atoms with E-state index < -0.39 is 5.92 Å². The number of ether oxygens (including phenoxy) is 2. The van der Waals surface area contributed by atoms with Gasteiger partial charge < -0.3 is 24.6 Å². The second-order valence-electron chi connectivity index (χ2n) is 13.3. The molecule has 2 bridgehead atoms. The zero-order valence-corrected chi connectivity index (χ0v) is 24.8. The SMILES string of the molecule is CCN1C(=O)N(CC2COCOC2)CC12CC1CCC(C2)N1CCC(NC(=O)C1CCC(F)(F)CC1)c1ccccc1. The smallest absolute Gasteiger partial charge is 0.320 e. The van der Waals surface area contributed by atoms with E-state index in [1.165, 1.54) is 0 Å². The lowest BCUT2D eigenvalue weighted by molar-refractivity contribution is -0.130. The van der Waals surface area contributed by atoms with Crippen LogP contribution in [0.4, 0.5) is 13.6 Å². The number of carbonyl (C=O) groups is 2. The number of hydrogen-bond acceptors (Lipinski definition) is 5. The Kier molecular flexibility index (Phi) is 8.76. The number of amides is 3. The highest BCUT2D eigenvalue weighted by Gasteiger charge is 2.56. The number of carbonyl (C=O) groups excluding carboxylic acids is 2. The van der Waals surface area contributed by atoms with Crippen LogP contribution in [0.3, 0.4) is 0 Å². The van der Waals surface area contributed by atoms with Crippen molar-refractivity contribution in [1.82, 2.24) is 20.0 Å². The van der Waals surface area contributed by atoms with Gasteiger partial charge in [-0.3, -0.25) is 9.69 Å². The highest BCUT2D eigenvalue weighted by Crippen LogP contribution is 2.47. The van der Waals surface area contributed by atoms with Crippen LogP contribution >= 0.6 is 0 Å². The molecule has 1 N–H and O–H groups in total. The third-order valence-electron chi connectivity index (χ3n) is 10.5. The van der Waals surface area contributed by atoms with Crippen LogP contribution < -0.4 is 5.32 Å². The summed E-state index contributed by atoms with van der Waals surface area (Å²) in [7, 11) is 0. The molecule has 1 aromatic carbocycles. The summed E-state index contributed by atoms with van der Waals surface area (Å²) in [6, 6.07) is 10.8. The van der Waals surface area contributed by atoms with Crippen LogP contribution in [0.2, 0.25) is 0 Å². The normalized spacial score (nSPS) is 31.2. The molecule has 3 amide bonds. The van der Waals surface area contributed by atoms with Crippen LogP contribution in [0.25, 0.3) is 0 Å². The van der Waals surface area contributed by atoms with Gasteiger partial charge in [0, 0.05) is 62.9 Å². The Morgan fingerprint density at radius 3 is 2.36 bits per heavy atom. The molecule has 5 aliphatic rings. The summed E-state index contributed by atoms with van der Waals surface area (Å²) >= 11 is 0. The minimum absolute atomic E-state index is 0.100. The maximum atomic E-state index is 13.7. The van der Waals surface area contributed by atoms with Gasteiger partial charge in [0.1, 0.15) is 6.79 Å². The first-order chi connectivity index (χ1) is 20.3. The molecule has 4 heterocycles. The molecule has 6 rings (SSSR count). The summed E-state index contributed by atoms with van der Waals surface area (Å²) in [6.45, 7) is 6.69. The average molecular weight is 589 g/mol. The van der Waals surface area contributed by atoms with Crippen molar-refractivity contribution >= 4 is 11.9 Å². The van der Waals surface area contributed by atoms with E-state index in [9.17, 15) is 18.4 Å². The lowest BCUT2D eigenvalue weighted by Gasteiger charge is -2.48. The number of nitrogens with zero attached hydrogens (tertiary/aromatic N) is 3. The van der Waals surface area contributed by atoms with Crippen LogP contribution in [-0.2, 0) is 14.3 Å². The fraction of sp³-hybridized carbons (Fsp3) is 0.750. The Balaban J connectivity index is 1.10. The van der Waals surface area contributed by atoms with Gasteiger partial charge in [-0.2, -0.15) is 0 Å². The average Bonchev–Trinajstić information content (AvgIpc) is 3.38. The zero-order chi connectivity index (χ0) is 29.3. The standard InChI is InChI=1S/C32H46F2N4O4/c1-2-38-30(40)36(18-23-19-41-22-42-20-23)21-31(38)16-26-8-9-27(17-31)37(26)15-12-28(24-6-4-3-5-7-24)35-29(39)25-10-13-32(33,34)14-11-25/h3-7,23,25-28H,2,8-22H2,1H3,(H,35,39). The van der Waals surface area contributed by atoms with Crippen LogP contribution in [-0.4, -0.2) is 96.4 Å². The second kappa shape index (κ2) is 12.4. The quantitative estimate of drug-likeness (QED) is 0.449. The van der Waals surface area contributed by atoms with Crippen molar-refractivity contribution in [2.75, 3.05) is 46.2 Å². The Bertz CT molecular complexity index is 1080. The van der Waals surface area contributed by atoms with E-state index in [2.05, 4.69) is 22.0 Å². The van der Waals surface area contributed by atoms with Crippen molar-refractivity contribution in [3.8, 4) is 0 Å². The molecule has 3 unspecified atom stereocenters. The van der Waals surface area contributed by atoms with Gasteiger partial charge in [-0.1, -0.05) is 30.3 Å². The van der Waals surface area contributed by atoms with Crippen LogP contribution in [0.1, 0.15) is 76.3 Å². The molecule has 232 valence electrons. The summed E-state index contributed by atoms with van der Waals surface area (Å²) in [5.41, 5.74) is 0.915. The fourth-order valence-electron chi connectivity index (χ4n) is 8.45. The van der Waals surface area contributed by atoms with Crippen molar-refractivity contribution in [3.63, 3.8) is 0 Å². The van der Waals surface area contributed by atoms with Crippen LogP contribution in [0, 0.1) is 11.8 Å². The first-order valence-electron chi connectivity index (χ1n) is 16.0. The van der Waals surface area contributed by atoms with Gasteiger partial charge in [0.25, 0.3) is 0 Å². The van der Waals surface area contributed by atoms with Crippen molar-refractivity contribution in [2.24, 2.45) is 11.8 Å². The number of likely N-dealkylation sites (N-methyl/N-ethyl adjacent to an activating group) is 1. The number of piperidine rings is 1. The van der Waals surface area contributed by atoms with E-state index in [1.54, 1.807) is 0 Å². The van der Waals surface area contributed by atoms with Crippen LogP contribution in [0.5, 0.6) is 0 Å². The first kappa shape index (κ1) is 29.8. The predicted octanol–water partition coefficient (Wildman–Crippen LogP) is 4.80. The highest BCUT2D eigenvalue weighted by atomic mass is 19.3. The van der Waals surface area contributed by atoms with Gasteiger partial charge in [-0.05, 0) is 57.4 Å². The van der Waals surface area contributed by atoms with E-state index in [0.717, 1.165) is 50.8 Å². The van der Waals surface area contributed by atoms with Gasteiger partial charge in [0.05, 0.1) is 24.8 Å². The summed E-state index contributed by atoms with van der Waals surface area (Å²) in [4.78, 5) is 33.5. The summed E-state index contributed by atoms with van der Waals surface area (Å²) < 4.78 is 38.4. The monoisotopic (exact) mass is 588 g/mol. The number of halogens is 2. The van der Waals surface area contributed by atoms with E-state index in [1.807, 2.05) is 35.2 Å². The Morgan fingerprint density at radius 2 is 1.71 bits per heavy atom. The van der Waals surface area contributed by atoms with Crippen molar-refractivity contribution in [2.45, 2.75) is 94.3 Å². The van der Waals surface area contributed by atoms with E-state index in [4.69, 9.17) is 9.47 Å². The van der Waals surface area contributed by atoms with Crippen molar-refractivity contribution in [3.05, 3.63) is 35.9 Å². The first-order valence-corrected chi connectivity index (χ1v) is 16.0. The molecule has 4 aliphatic heterocycles. The molecule has 0 aromatic heterocycles. The van der Waals surface area contributed by atoms with Crippen molar-refractivity contribution in [1.29, 1.82) is 0 Å². The Hall–Kier alpha value is -2.30. The minimum Gasteiger partial charge on any atom is -0.355 e. The maximum absolute atomic E-state index is 13.7. The van der Waals surface area contributed by atoms with E-state index in [0.29, 0.717) is 45.2 Å². The molecule has 1 aliphatic carbocycles. The van der Waals surface area contributed by atoms with Crippen LogP contribution in [0.15, 0.2) is 30.3 Å². The number of alkyl halides is 2. The summed E-state index contributed by atoms with van der Waals surface area (Å²) in [6.07, 6.45) is 5.01. The Morgan fingerprint density at radius 1 is 1.05 bits per heavy atom.